The van der Waals surface area contributed by atoms with Crippen LogP contribution in [-0.4, -0.2) is 18.1 Å². The lowest BCUT2D eigenvalue weighted by Gasteiger charge is -2.23. The summed E-state index contributed by atoms with van der Waals surface area (Å²) in [5.74, 6) is 1.70. The summed E-state index contributed by atoms with van der Waals surface area (Å²) in [7, 11) is 2.09. The molecule has 1 N–H and O–H groups in total. The van der Waals surface area contributed by atoms with E-state index in [0.717, 1.165) is 23.8 Å². The number of para-hydroxylation sites is 1. The monoisotopic (exact) mass is 268 g/mol. The molecule has 0 bridgehead atoms. The zero-order valence-corrected chi connectivity index (χ0v) is 12.5. The Bertz CT molecular complexity index is 578. The van der Waals surface area contributed by atoms with Crippen molar-refractivity contribution in [2.45, 2.75) is 38.6 Å². The number of hydrogen-bond acceptors (Lipinski definition) is 2. The zero-order chi connectivity index (χ0) is 13.9. The molecule has 2 nitrogen and oxygen atoms in total. The summed E-state index contributed by atoms with van der Waals surface area (Å²) in [6.07, 6.45) is 5.14. The number of rotatable bonds is 4. The minimum atomic E-state index is 0.564. The summed E-state index contributed by atoms with van der Waals surface area (Å²) in [6.45, 7) is 2.38. The summed E-state index contributed by atoms with van der Waals surface area (Å²) < 4.78 is 0. The van der Waals surface area contributed by atoms with Crippen LogP contribution < -0.4 is 5.32 Å². The molecule has 0 aliphatic heterocycles. The number of aromatic nitrogens is 1. The van der Waals surface area contributed by atoms with Crippen LogP contribution in [-0.2, 0) is 6.42 Å². The number of benzene rings is 1. The van der Waals surface area contributed by atoms with E-state index in [-0.39, 0.29) is 0 Å². The molecule has 1 aliphatic carbocycles. The maximum Gasteiger partial charge on any atom is 0.0705 e. The van der Waals surface area contributed by atoms with Gasteiger partial charge < -0.3 is 5.32 Å². The van der Waals surface area contributed by atoms with Crippen LogP contribution in [0.25, 0.3) is 10.9 Å². The average Bonchev–Trinajstić information content (AvgIpc) is 2.91. The summed E-state index contributed by atoms with van der Waals surface area (Å²) in [4.78, 5) is 4.81. The fourth-order valence-corrected chi connectivity index (χ4v) is 3.57. The lowest BCUT2D eigenvalue weighted by Crippen LogP contribution is -2.34. The van der Waals surface area contributed by atoms with Gasteiger partial charge in [0.1, 0.15) is 0 Å². The number of fused-ring (bicyclic) bond motifs is 1. The Kier molecular flexibility index (Phi) is 4.02. The number of hydrogen-bond donors (Lipinski definition) is 1. The predicted molar refractivity (Wildman–Crippen MR) is 84.8 cm³/mol. The van der Waals surface area contributed by atoms with E-state index in [9.17, 15) is 0 Å². The van der Waals surface area contributed by atoms with Gasteiger partial charge in [-0.3, -0.25) is 4.98 Å². The second kappa shape index (κ2) is 5.92. The van der Waals surface area contributed by atoms with Crippen LogP contribution in [0.1, 0.15) is 31.9 Å². The van der Waals surface area contributed by atoms with Gasteiger partial charge in [-0.15, -0.1) is 0 Å². The first-order valence-corrected chi connectivity index (χ1v) is 7.78. The molecule has 20 heavy (non-hydrogen) atoms. The Hall–Kier alpha value is -1.41. The van der Waals surface area contributed by atoms with E-state index in [0.29, 0.717) is 6.04 Å². The van der Waals surface area contributed by atoms with Gasteiger partial charge in [0, 0.05) is 23.5 Å². The van der Waals surface area contributed by atoms with Crippen LogP contribution in [0.15, 0.2) is 36.4 Å². The summed E-state index contributed by atoms with van der Waals surface area (Å²) >= 11 is 0. The highest BCUT2D eigenvalue weighted by molar-refractivity contribution is 5.78. The van der Waals surface area contributed by atoms with Crippen molar-refractivity contribution < 1.29 is 0 Å². The minimum Gasteiger partial charge on any atom is -0.316 e. The SMILES string of the molecule is CNC(Cc1ccc2ccccc2n1)C1CCC(C)C1. The lowest BCUT2D eigenvalue weighted by molar-refractivity contribution is 0.365. The van der Waals surface area contributed by atoms with Crippen molar-refractivity contribution in [2.75, 3.05) is 7.05 Å². The molecular weight excluding hydrogens is 244 g/mol. The third-order valence-electron chi connectivity index (χ3n) is 4.76. The summed E-state index contributed by atoms with van der Waals surface area (Å²) in [5, 5.41) is 4.75. The van der Waals surface area contributed by atoms with Crippen molar-refractivity contribution in [3.8, 4) is 0 Å². The van der Waals surface area contributed by atoms with Crippen LogP contribution >= 0.6 is 0 Å². The Balaban J connectivity index is 1.76. The normalized spacial score (nSPS) is 24.1. The summed E-state index contributed by atoms with van der Waals surface area (Å²) in [5.41, 5.74) is 2.32. The molecule has 1 aromatic carbocycles. The van der Waals surface area contributed by atoms with Gasteiger partial charge in [-0.25, -0.2) is 0 Å². The highest BCUT2D eigenvalue weighted by Crippen LogP contribution is 2.33. The van der Waals surface area contributed by atoms with Gasteiger partial charge in [0.2, 0.25) is 0 Å². The van der Waals surface area contributed by atoms with Crippen molar-refractivity contribution >= 4 is 10.9 Å². The molecule has 0 radical (unpaired) electrons. The maximum atomic E-state index is 4.81. The molecular formula is C18H24N2. The summed E-state index contributed by atoms with van der Waals surface area (Å²) in [6, 6.07) is 13.3. The minimum absolute atomic E-state index is 0.564. The molecule has 1 aromatic heterocycles. The van der Waals surface area contributed by atoms with Gasteiger partial charge in [-0.1, -0.05) is 37.6 Å². The maximum absolute atomic E-state index is 4.81. The lowest BCUT2D eigenvalue weighted by atomic mass is 9.93. The van der Waals surface area contributed by atoms with Gasteiger partial charge in [0.15, 0.2) is 0 Å². The second-order valence-electron chi connectivity index (χ2n) is 6.27. The Morgan fingerprint density at radius 2 is 2.05 bits per heavy atom. The first-order valence-electron chi connectivity index (χ1n) is 7.78. The molecule has 3 atom stereocenters. The molecule has 0 saturated heterocycles. The van der Waals surface area contributed by atoms with Crippen LogP contribution in [0, 0.1) is 11.8 Å². The molecule has 2 aromatic rings. The molecule has 1 fully saturated rings. The van der Waals surface area contributed by atoms with Crippen LogP contribution in [0.3, 0.4) is 0 Å². The highest BCUT2D eigenvalue weighted by atomic mass is 14.9. The highest BCUT2D eigenvalue weighted by Gasteiger charge is 2.28. The van der Waals surface area contributed by atoms with Gasteiger partial charge >= 0.3 is 0 Å². The number of nitrogens with one attached hydrogen (secondary N) is 1. The Morgan fingerprint density at radius 3 is 2.80 bits per heavy atom. The molecule has 1 heterocycles. The van der Waals surface area contributed by atoms with E-state index in [2.05, 4.69) is 55.7 Å². The predicted octanol–water partition coefficient (Wildman–Crippen LogP) is 3.80. The molecule has 106 valence electrons. The van der Waals surface area contributed by atoms with Crippen LogP contribution in [0.4, 0.5) is 0 Å². The van der Waals surface area contributed by atoms with Crippen molar-refractivity contribution in [1.82, 2.24) is 10.3 Å². The van der Waals surface area contributed by atoms with Crippen LogP contribution in [0.5, 0.6) is 0 Å². The van der Waals surface area contributed by atoms with Gasteiger partial charge in [0.25, 0.3) is 0 Å². The van der Waals surface area contributed by atoms with Gasteiger partial charge in [-0.05, 0) is 43.9 Å². The van der Waals surface area contributed by atoms with Crippen molar-refractivity contribution in [3.63, 3.8) is 0 Å². The quantitative estimate of drug-likeness (QED) is 0.912. The number of nitrogens with zero attached hydrogens (tertiary/aromatic N) is 1. The molecule has 0 spiro atoms. The van der Waals surface area contributed by atoms with E-state index >= 15 is 0 Å². The number of likely N-dealkylation sites (N-methyl/N-ethyl adjacent to an activating group) is 1. The fourth-order valence-electron chi connectivity index (χ4n) is 3.57. The molecule has 0 amide bonds. The second-order valence-corrected chi connectivity index (χ2v) is 6.27. The van der Waals surface area contributed by atoms with E-state index in [1.807, 2.05) is 0 Å². The van der Waals surface area contributed by atoms with E-state index in [1.165, 1.54) is 30.3 Å². The Labute approximate surface area is 121 Å². The van der Waals surface area contributed by atoms with Crippen molar-refractivity contribution in [2.24, 2.45) is 11.8 Å². The molecule has 2 heteroatoms. The third-order valence-corrected chi connectivity index (χ3v) is 4.76. The standard InChI is InChI=1S/C18H24N2/c1-13-7-8-15(11-13)18(19-2)12-16-10-9-14-5-3-4-6-17(14)20-16/h3-6,9-10,13,15,18-19H,7-8,11-12H2,1-2H3. The van der Waals surface area contributed by atoms with Crippen LogP contribution in [0.2, 0.25) is 0 Å². The largest absolute Gasteiger partial charge is 0.316 e. The third kappa shape index (κ3) is 2.85. The number of pyridine rings is 1. The van der Waals surface area contributed by atoms with E-state index in [1.54, 1.807) is 0 Å². The fraction of sp³-hybridized carbons (Fsp3) is 0.500. The zero-order valence-electron chi connectivity index (χ0n) is 12.5. The smallest absolute Gasteiger partial charge is 0.0705 e. The van der Waals surface area contributed by atoms with Gasteiger partial charge in [0.05, 0.1) is 5.52 Å². The van der Waals surface area contributed by atoms with Crippen molar-refractivity contribution in [3.05, 3.63) is 42.1 Å². The molecule has 1 saturated carbocycles. The first-order chi connectivity index (χ1) is 9.76. The van der Waals surface area contributed by atoms with E-state index in [4.69, 9.17) is 4.98 Å². The Morgan fingerprint density at radius 1 is 1.20 bits per heavy atom. The molecule has 1 aliphatic rings. The topological polar surface area (TPSA) is 24.9 Å². The van der Waals surface area contributed by atoms with Crippen molar-refractivity contribution in [1.29, 1.82) is 0 Å². The molecule has 3 unspecified atom stereocenters. The first kappa shape index (κ1) is 13.6. The van der Waals surface area contributed by atoms with E-state index < -0.39 is 0 Å². The average molecular weight is 268 g/mol. The molecule has 3 rings (SSSR count). The van der Waals surface area contributed by atoms with Gasteiger partial charge in [-0.2, -0.15) is 0 Å².